The Morgan fingerprint density at radius 1 is 1.24 bits per heavy atom. The van der Waals surface area contributed by atoms with E-state index >= 15 is 0 Å². The lowest BCUT2D eigenvalue weighted by atomic mass is 10.1. The maximum absolute atomic E-state index is 12.5. The molecule has 0 aromatic heterocycles. The number of hydrogen-bond acceptors (Lipinski definition) is 2. The second-order valence-corrected chi connectivity index (χ2v) is 6.17. The van der Waals surface area contributed by atoms with Crippen LogP contribution in [0.5, 0.6) is 5.75 Å². The molecule has 1 fully saturated rings. The summed E-state index contributed by atoms with van der Waals surface area (Å²) >= 11 is 0. The number of carbonyl (C=O) groups excluding carboxylic acids is 1. The molecule has 21 heavy (non-hydrogen) atoms. The maximum Gasteiger partial charge on any atom is 0.263 e. The van der Waals surface area contributed by atoms with Crippen molar-refractivity contribution in [1.29, 1.82) is 0 Å². The minimum absolute atomic E-state index is 0.0865. The highest BCUT2D eigenvalue weighted by Crippen LogP contribution is 2.22. The lowest BCUT2D eigenvalue weighted by molar-refractivity contribution is -0.139. The number of likely N-dealkylation sites (N-methyl/N-ethyl adjacent to an activating group) is 1. The standard InChI is InChI=1S/C18H27NO2/c1-14-9-8-12-17(13-14)21-15(2)18(20)19(3)16-10-6-4-5-7-11-16/h8-9,12-13,15-16H,4-7,10-11H2,1-3H3. The van der Waals surface area contributed by atoms with E-state index in [1.807, 2.05) is 50.1 Å². The van der Waals surface area contributed by atoms with Crippen LogP contribution in [-0.4, -0.2) is 30.0 Å². The van der Waals surface area contributed by atoms with Gasteiger partial charge in [0.05, 0.1) is 0 Å². The molecule has 1 saturated carbocycles. The summed E-state index contributed by atoms with van der Waals surface area (Å²) < 4.78 is 5.81. The van der Waals surface area contributed by atoms with Crippen molar-refractivity contribution in [2.24, 2.45) is 0 Å². The fourth-order valence-electron chi connectivity index (χ4n) is 3.06. The Hall–Kier alpha value is -1.51. The minimum atomic E-state index is -0.431. The normalized spacial score (nSPS) is 17.9. The van der Waals surface area contributed by atoms with Crippen molar-refractivity contribution in [2.45, 2.75) is 64.5 Å². The lowest BCUT2D eigenvalue weighted by Crippen LogP contribution is -2.43. The van der Waals surface area contributed by atoms with E-state index in [1.165, 1.54) is 25.7 Å². The highest BCUT2D eigenvalue weighted by molar-refractivity contribution is 5.81. The Morgan fingerprint density at radius 2 is 1.90 bits per heavy atom. The van der Waals surface area contributed by atoms with Crippen LogP contribution in [0.3, 0.4) is 0 Å². The van der Waals surface area contributed by atoms with Gasteiger partial charge in [0, 0.05) is 13.1 Å². The summed E-state index contributed by atoms with van der Waals surface area (Å²) in [5.41, 5.74) is 1.14. The van der Waals surface area contributed by atoms with Crippen LogP contribution in [0.25, 0.3) is 0 Å². The Labute approximate surface area is 128 Å². The molecule has 1 amide bonds. The van der Waals surface area contributed by atoms with E-state index in [4.69, 9.17) is 4.74 Å². The van der Waals surface area contributed by atoms with E-state index < -0.39 is 6.10 Å². The van der Waals surface area contributed by atoms with Crippen LogP contribution in [0.2, 0.25) is 0 Å². The Kier molecular flexibility index (Phi) is 5.66. The number of carbonyl (C=O) groups is 1. The molecule has 1 aromatic carbocycles. The van der Waals surface area contributed by atoms with E-state index in [0.29, 0.717) is 6.04 Å². The number of ether oxygens (including phenoxy) is 1. The van der Waals surface area contributed by atoms with Crippen molar-refractivity contribution in [3.63, 3.8) is 0 Å². The van der Waals surface area contributed by atoms with Crippen LogP contribution in [0.4, 0.5) is 0 Å². The smallest absolute Gasteiger partial charge is 0.263 e. The average Bonchev–Trinajstić information content (AvgIpc) is 2.74. The summed E-state index contributed by atoms with van der Waals surface area (Å²) in [5.74, 6) is 0.855. The van der Waals surface area contributed by atoms with Gasteiger partial charge in [0.25, 0.3) is 5.91 Å². The Balaban J connectivity index is 1.94. The largest absolute Gasteiger partial charge is 0.481 e. The van der Waals surface area contributed by atoms with Crippen molar-refractivity contribution >= 4 is 5.91 Å². The molecule has 0 spiro atoms. The van der Waals surface area contributed by atoms with Gasteiger partial charge in [-0.2, -0.15) is 0 Å². The summed E-state index contributed by atoms with van der Waals surface area (Å²) in [5, 5.41) is 0. The first-order valence-electron chi connectivity index (χ1n) is 8.08. The van der Waals surface area contributed by atoms with Crippen LogP contribution in [-0.2, 0) is 4.79 Å². The third-order valence-corrected chi connectivity index (χ3v) is 4.37. The van der Waals surface area contributed by atoms with Crippen molar-refractivity contribution in [2.75, 3.05) is 7.05 Å². The average molecular weight is 289 g/mol. The molecule has 1 unspecified atom stereocenters. The predicted molar refractivity (Wildman–Crippen MR) is 85.5 cm³/mol. The first kappa shape index (κ1) is 15.9. The van der Waals surface area contributed by atoms with Gasteiger partial charge < -0.3 is 9.64 Å². The van der Waals surface area contributed by atoms with Gasteiger partial charge in [0.2, 0.25) is 0 Å². The fourth-order valence-corrected chi connectivity index (χ4v) is 3.06. The molecule has 0 radical (unpaired) electrons. The third-order valence-electron chi connectivity index (χ3n) is 4.37. The van der Waals surface area contributed by atoms with E-state index in [0.717, 1.165) is 24.2 Å². The predicted octanol–water partition coefficient (Wildman–Crippen LogP) is 3.94. The zero-order valence-corrected chi connectivity index (χ0v) is 13.5. The van der Waals surface area contributed by atoms with Crippen LogP contribution >= 0.6 is 0 Å². The van der Waals surface area contributed by atoms with Gasteiger partial charge in [-0.1, -0.05) is 37.8 Å². The summed E-state index contributed by atoms with van der Waals surface area (Å²) in [4.78, 5) is 14.5. The number of benzene rings is 1. The summed E-state index contributed by atoms with van der Waals surface area (Å²) in [7, 11) is 1.93. The van der Waals surface area contributed by atoms with E-state index in [9.17, 15) is 4.79 Å². The molecule has 0 N–H and O–H groups in total. The zero-order valence-electron chi connectivity index (χ0n) is 13.5. The van der Waals surface area contributed by atoms with Crippen molar-refractivity contribution in [3.05, 3.63) is 29.8 Å². The topological polar surface area (TPSA) is 29.5 Å². The van der Waals surface area contributed by atoms with Crippen molar-refractivity contribution < 1.29 is 9.53 Å². The third kappa shape index (κ3) is 4.48. The molecular formula is C18H27NO2. The number of rotatable bonds is 4. The molecule has 2 rings (SSSR count). The van der Waals surface area contributed by atoms with E-state index in [1.54, 1.807) is 0 Å². The number of aryl methyl sites for hydroxylation is 1. The van der Waals surface area contributed by atoms with Gasteiger partial charge in [-0.25, -0.2) is 0 Å². The van der Waals surface area contributed by atoms with E-state index in [-0.39, 0.29) is 5.91 Å². The van der Waals surface area contributed by atoms with Crippen LogP contribution in [0.15, 0.2) is 24.3 Å². The van der Waals surface area contributed by atoms with Crippen LogP contribution in [0, 0.1) is 6.92 Å². The molecule has 3 nitrogen and oxygen atoms in total. The van der Waals surface area contributed by atoms with Gasteiger partial charge in [-0.15, -0.1) is 0 Å². The maximum atomic E-state index is 12.5. The molecule has 1 atom stereocenters. The number of hydrogen-bond donors (Lipinski definition) is 0. The number of nitrogens with zero attached hydrogens (tertiary/aromatic N) is 1. The van der Waals surface area contributed by atoms with Gasteiger partial charge in [0.15, 0.2) is 6.10 Å². The second-order valence-electron chi connectivity index (χ2n) is 6.17. The first-order valence-corrected chi connectivity index (χ1v) is 8.08. The fraction of sp³-hybridized carbons (Fsp3) is 0.611. The molecular weight excluding hydrogens is 262 g/mol. The minimum Gasteiger partial charge on any atom is -0.481 e. The van der Waals surface area contributed by atoms with Crippen LogP contribution in [0.1, 0.15) is 51.0 Å². The molecule has 3 heteroatoms. The summed E-state index contributed by atoms with van der Waals surface area (Å²) in [6.07, 6.45) is 6.88. The van der Waals surface area contributed by atoms with E-state index in [2.05, 4.69) is 0 Å². The molecule has 0 bridgehead atoms. The first-order chi connectivity index (χ1) is 10.1. The van der Waals surface area contributed by atoms with Crippen molar-refractivity contribution in [3.8, 4) is 5.75 Å². The monoisotopic (exact) mass is 289 g/mol. The lowest BCUT2D eigenvalue weighted by Gasteiger charge is -2.29. The highest BCUT2D eigenvalue weighted by atomic mass is 16.5. The van der Waals surface area contributed by atoms with Gasteiger partial charge in [-0.3, -0.25) is 4.79 Å². The number of amides is 1. The Morgan fingerprint density at radius 3 is 2.52 bits per heavy atom. The van der Waals surface area contributed by atoms with Crippen molar-refractivity contribution in [1.82, 2.24) is 4.90 Å². The molecule has 0 heterocycles. The second kappa shape index (κ2) is 7.48. The van der Waals surface area contributed by atoms with Crippen LogP contribution < -0.4 is 4.74 Å². The summed E-state index contributed by atoms with van der Waals surface area (Å²) in [6, 6.07) is 8.23. The molecule has 1 aromatic rings. The quantitative estimate of drug-likeness (QED) is 0.786. The molecule has 1 aliphatic carbocycles. The Bertz CT molecular complexity index is 464. The zero-order chi connectivity index (χ0) is 15.2. The molecule has 0 aliphatic heterocycles. The van der Waals surface area contributed by atoms with Gasteiger partial charge >= 0.3 is 0 Å². The molecule has 116 valence electrons. The molecule has 1 aliphatic rings. The van der Waals surface area contributed by atoms with Gasteiger partial charge in [0.1, 0.15) is 5.75 Å². The SMILES string of the molecule is Cc1cccc(OC(C)C(=O)N(C)C2CCCCCC2)c1. The van der Waals surface area contributed by atoms with Gasteiger partial charge in [-0.05, 0) is 44.4 Å². The molecule has 0 saturated heterocycles. The highest BCUT2D eigenvalue weighted by Gasteiger charge is 2.25. The summed E-state index contributed by atoms with van der Waals surface area (Å²) in [6.45, 7) is 3.87.